The number of amides is 1. The summed E-state index contributed by atoms with van der Waals surface area (Å²) in [4.78, 5) is 15.6. The van der Waals surface area contributed by atoms with Crippen LogP contribution in [0.4, 0.5) is 5.82 Å². The Morgan fingerprint density at radius 2 is 2.12 bits per heavy atom. The van der Waals surface area contributed by atoms with E-state index in [2.05, 4.69) is 10.2 Å². The normalized spacial score (nSPS) is 15.1. The van der Waals surface area contributed by atoms with Crippen LogP contribution in [-0.2, 0) is 4.79 Å². The van der Waals surface area contributed by atoms with Gasteiger partial charge < -0.3 is 9.80 Å². The lowest BCUT2D eigenvalue weighted by Crippen LogP contribution is -2.37. The first kappa shape index (κ1) is 12.1. The molecule has 0 radical (unpaired) electrons. The predicted octanol–water partition coefficient (Wildman–Crippen LogP) is 1.19. The van der Waals surface area contributed by atoms with Crippen LogP contribution in [0.1, 0.15) is 12.8 Å². The molecule has 0 unspecified atom stereocenters. The highest BCUT2D eigenvalue weighted by molar-refractivity contribution is 6.29. The van der Waals surface area contributed by atoms with Crippen LogP contribution in [0.25, 0.3) is 0 Å². The molecule has 1 aliphatic heterocycles. The number of anilines is 1. The quantitative estimate of drug-likeness (QED) is 0.813. The Morgan fingerprint density at radius 1 is 1.41 bits per heavy atom. The van der Waals surface area contributed by atoms with Gasteiger partial charge in [-0.1, -0.05) is 11.6 Å². The summed E-state index contributed by atoms with van der Waals surface area (Å²) in [6.07, 6.45) is 2.21. The van der Waals surface area contributed by atoms with Crippen LogP contribution < -0.4 is 4.90 Å². The molecule has 1 aromatic rings. The third-order valence-corrected chi connectivity index (χ3v) is 3.04. The fourth-order valence-electron chi connectivity index (χ4n) is 1.86. The first-order valence-corrected chi connectivity index (χ1v) is 6.03. The van der Waals surface area contributed by atoms with Crippen molar-refractivity contribution in [2.75, 3.05) is 31.6 Å². The zero-order valence-corrected chi connectivity index (χ0v) is 10.5. The van der Waals surface area contributed by atoms with Crippen molar-refractivity contribution in [3.63, 3.8) is 0 Å². The lowest BCUT2D eigenvalue weighted by molar-refractivity contribution is -0.128. The van der Waals surface area contributed by atoms with E-state index in [1.807, 2.05) is 11.9 Å². The second-order valence-electron chi connectivity index (χ2n) is 4.16. The molecule has 1 saturated heterocycles. The molecule has 0 spiro atoms. The predicted molar refractivity (Wildman–Crippen MR) is 66.1 cm³/mol. The molecular weight excluding hydrogens is 240 g/mol. The van der Waals surface area contributed by atoms with Crippen LogP contribution in [0, 0.1) is 0 Å². The number of likely N-dealkylation sites (tertiary alicyclic amines) is 1. The fraction of sp³-hybridized carbons (Fsp3) is 0.545. The SMILES string of the molecule is CN(CC(=O)N1CCCC1)c1ccc(Cl)nn1. The maximum Gasteiger partial charge on any atom is 0.242 e. The van der Waals surface area contributed by atoms with Crippen LogP contribution in [0.2, 0.25) is 5.15 Å². The van der Waals surface area contributed by atoms with Crippen molar-refractivity contribution in [1.29, 1.82) is 0 Å². The van der Waals surface area contributed by atoms with Crippen molar-refractivity contribution in [2.45, 2.75) is 12.8 Å². The smallest absolute Gasteiger partial charge is 0.242 e. The van der Waals surface area contributed by atoms with Crippen molar-refractivity contribution in [3.8, 4) is 0 Å². The van der Waals surface area contributed by atoms with E-state index in [9.17, 15) is 4.79 Å². The van der Waals surface area contributed by atoms with Gasteiger partial charge in [0.2, 0.25) is 5.91 Å². The number of likely N-dealkylation sites (N-methyl/N-ethyl adjacent to an activating group) is 1. The van der Waals surface area contributed by atoms with Crippen molar-refractivity contribution in [3.05, 3.63) is 17.3 Å². The second-order valence-corrected chi connectivity index (χ2v) is 4.55. The van der Waals surface area contributed by atoms with Gasteiger partial charge in [-0.25, -0.2) is 0 Å². The standard InChI is InChI=1S/C11H15ClN4O/c1-15(10-5-4-9(12)13-14-10)8-11(17)16-6-2-3-7-16/h4-5H,2-3,6-8H2,1H3. The average molecular weight is 255 g/mol. The van der Waals surface area contributed by atoms with E-state index in [1.165, 1.54) is 0 Å². The van der Waals surface area contributed by atoms with Gasteiger partial charge in [-0.05, 0) is 25.0 Å². The Balaban J connectivity index is 1.93. The maximum atomic E-state index is 11.9. The van der Waals surface area contributed by atoms with Gasteiger partial charge in [-0.3, -0.25) is 4.79 Å². The minimum atomic E-state index is 0.141. The molecule has 17 heavy (non-hydrogen) atoms. The molecule has 0 saturated carbocycles. The third-order valence-electron chi connectivity index (χ3n) is 2.84. The highest BCUT2D eigenvalue weighted by atomic mass is 35.5. The van der Waals surface area contributed by atoms with E-state index in [-0.39, 0.29) is 5.91 Å². The molecule has 0 aromatic carbocycles. The third kappa shape index (κ3) is 3.06. The number of nitrogens with zero attached hydrogens (tertiary/aromatic N) is 4. The molecule has 1 amide bonds. The Hall–Kier alpha value is -1.36. The van der Waals surface area contributed by atoms with Gasteiger partial charge in [0.15, 0.2) is 11.0 Å². The molecule has 6 heteroatoms. The zero-order chi connectivity index (χ0) is 12.3. The molecule has 5 nitrogen and oxygen atoms in total. The van der Waals surface area contributed by atoms with E-state index in [0.29, 0.717) is 17.5 Å². The Bertz CT molecular complexity index is 389. The topological polar surface area (TPSA) is 49.3 Å². The maximum absolute atomic E-state index is 11.9. The van der Waals surface area contributed by atoms with E-state index >= 15 is 0 Å². The Morgan fingerprint density at radius 3 is 2.71 bits per heavy atom. The highest BCUT2D eigenvalue weighted by Gasteiger charge is 2.19. The summed E-state index contributed by atoms with van der Waals surface area (Å²) >= 11 is 5.66. The molecular formula is C11H15ClN4O. The summed E-state index contributed by atoms with van der Waals surface area (Å²) in [7, 11) is 1.83. The first-order valence-electron chi connectivity index (χ1n) is 5.65. The van der Waals surface area contributed by atoms with E-state index in [1.54, 1.807) is 17.0 Å². The van der Waals surface area contributed by atoms with Gasteiger partial charge >= 0.3 is 0 Å². The molecule has 0 atom stereocenters. The van der Waals surface area contributed by atoms with Crippen molar-refractivity contribution in [2.24, 2.45) is 0 Å². The molecule has 0 bridgehead atoms. The summed E-state index contributed by atoms with van der Waals surface area (Å²) in [6.45, 7) is 2.08. The number of rotatable bonds is 3. The van der Waals surface area contributed by atoms with Gasteiger partial charge in [0, 0.05) is 20.1 Å². The largest absolute Gasteiger partial charge is 0.349 e. The lowest BCUT2D eigenvalue weighted by atomic mass is 10.4. The molecule has 92 valence electrons. The summed E-state index contributed by atoms with van der Waals surface area (Å²) in [5.74, 6) is 0.795. The number of carbonyl (C=O) groups is 1. The minimum absolute atomic E-state index is 0.141. The summed E-state index contributed by atoms with van der Waals surface area (Å²) in [5, 5.41) is 8.04. The molecule has 1 aliphatic rings. The number of hydrogen-bond acceptors (Lipinski definition) is 4. The lowest BCUT2D eigenvalue weighted by Gasteiger charge is -2.21. The van der Waals surface area contributed by atoms with Gasteiger partial charge in [0.1, 0.15) is 0 Å². The number of hydrogen-bond donors (Lipinski definition) is 0. The van der Waals surface area contributed by atoms with Crippen molar-refractivity contribution >= 4 is 23.3 Å². The van der Waals surface area contributed by atoms with Crippen molar-refractivity contribution < 1.29 is 4.79 Å². The van der Waals surface area contributed by atoms with Crippen LogP contribution in [-0.4, -0.2) is 47.7 Å². The summed E-state index contributed by atoms with van der Waals surface area (Å²) in [6, 6.07) is 3.42. The monoisotopic (exact) mass is 254 g/mol. The van der Waals surface area contributed by atoms with E-state index < -0.39 is 0 Å². The summed E-state index contributed by atoms with van der Waals surface area (Å²) < 4.78 is 0. The number of halogens is 1. The van der Waals surface area contributed by atoms with Crippen LogP contribution in [0.5, 0.6) is 0 Å². The van der Waals surface area contributed by atoms with Gasteiger partial charge in [-0.2, -0.15) is 0 Å². The molecule has 2 heterocycles. The van der Waals surface area contributed by atoms with Crippen LogP contribution in [0.15, 0.2) is 12.1 Å². The second kappa shape index (κ2) is 5.31. The molecule has 0 N–H and O–H groups in total. The molecule has 2 rings (SSSR count). The van der Waals surface area contributed by atoms with Crippen LogP contribution >= 0.6 is 11.6 Å². The average Bonchev–Trinajstić information content (AvgIpc) is 2.83. The van der Waals surface area contributed by atoms with Gasteiger partial charge in [0.05, 0.1) is 6.54 Å². The van der Waals surface area contributed by atoms with E-state index in [0.717, 1.165) is 25.9 Å². The minimum Gasteiger partial charge on any atom is -0.349 e. The Labute approximate surface area is 105 Å². The van der Waals surface area contributed by atoms with Crippen LogP contribution in [0.3, 0.4) is 0 Å². The number of carbonyl (C=O) groups excluding carboxylic acids is 1. The molecule has 1 fully saturated rings. The molecule has 0 aliphatic carbocycles. The Kier molecular flexibility index (Phi) is 3.78. The number of aromatic nitrogens is 2. The molecule has 1 aromatic heterocycles. The van der Waals surface area contributed by atoms with Crippen molar-refractivity contribution in [1.82, 2.24) is 15.1 Å². The first-order chi connectivity index (χ1) is 8.16. The van der Waals surface area contributed by atoms with Gasteiger partial charge in [-0.15, -0.1) is 10.2 Å². The van der Waals surface area contributed by atoms with E-state index in [4.69, 9.17) is 11.6 Å². The zero-order valence-electron chi connectivity index (χ0n) is 9.77. The van der Waals surface area contributed by atoms with Gasteiger partial charge in [0.25, 0.3) is 0 Å². The fourth-order valence-corrected chi connectivity index (χ4v) is 1.96. The highest BCUT2D eigenvalue weighted by Crippen LogP contribution is 2.12. The summed E-state index contributed by atoms with van der Waals surface area (Å²) in [5.41, 5.74) is 0.